The highest BCUT2D eigenvalue weighted by Crippen LogP contribution is 2.08. The fraction of sp³-hybridized carbons (Fsp3) is 0.385. The molecule has 1 aromatic rings. The topological polar surface area (TPSA) is 40.6 Å². The molecule has 0 bridgehead atoms. The van der Waals surface area contributed by atoms with Gasteiger partial charge in [-0.25, -0.2) is 0 Å². The Hall–Kier alpha value is -1.84. The summed E-state index contributed by atoms with van der Waals surface area (Å²) in [6.45, 7) is 1.55. The fourth-order valence-electron chi connectivity index (χ4n) is 1.92. The minimum absolute atomic E-state index is 0.00628. The lowest BCUT2D eigenvalue weighted by molar-refractivity contribution is -0.129. The molecule has 1 saturated heterocycles. The second-order valence-corrected chi connectivity index (χ2v) is 4.26. The average molecular weight is 232 g/mol. The molecule has 1 fully saturated rings. The molecule has 2 amide bonds. The third-order valence-corrected chi connectivity index (χ3v) is 2.98. The molecular weight excluding hydrogens is 216 g/mol. The van der Waals surface area contributed by atoms with E-state index in [-0.39, 0.29) is 18.4 Å². The Bertz CT molecular complexity index is 417. The number of benzene rings is 1. The van der Waals surface area contributed by atoms with Crippen LogP contribution in [0, 0.1) is 0 Å². The smallest absolute Gasteiger partial charge is 0.254 e. The Morgan fingerprint density at radius 1 is 1.18 bits per heavy atom. The van der Waals surface area contributed by atoms with Crippen LogP contribution in [0.25, 0.3) is 0 Å². The summed E-state index contributed by atoms with van der Waals surface area (Å²) in [7, 11) is 1.78. The van der Waals surface area contributed by atoms with Crippen molar-refractivity contribution in [2.45, 2.75) is 6.42 Å². The van der Waals surface area contributed by atoms with E-state index in [4.69, 9.17) is 0 Å². The molecule has 0 aromatic heterocycles. The molecule has 0 aliphatic carbocycles. The molecule has 1 aliphatic rings. The van der Waals surface area contributed by atoms with Gasteiger partial charge in [0, 0.05) is 25.7 Å². The number of nitrogens with zero attached hydrogens (tertiary/aromatic N) is 2. The van der Waals surface area contributed by atoms with E-state index in [2.05, 4.69) is 0 Å². The van der Waals surface area contributed by atoms with Crippen LogP contribution < -0.4 is 0 Å². The van der Waals surface area contributed by atoms with Crippen LogP contribution in [0.15, 0.2) is 30.3 Å². The maximum absolute atomic E-state index is 12.2. The molecule has 4 nitrogen and oxygen atoms in total. The highest BCUT2D eigenvalue weighted by atomic mass is 16.2. The molecule has 2 rings (SSSR count). The van der Waals surface area contributed by atoms with Gasteiger partial charge in [-0.1, -0.05) is 18.2 Å². The predicted molar refractivity (Wildman–Crippen MR) is 64.6 cm³/mol. The summed E-state index contributed by atoms with van der Waals surface area (Å²) in [5, 5.41) is 0. The Kier molecular flexibility index (Phi) is 3.42. The molecule has 0 unspecified atom stereocenters. The van der Waals surface area contributed by atoms with Gasteiger partial charge < -0.3 is 9.80 Å². The maximum atomic E-state index is 12.2. The van der Waals surface area contributed by atoms with Gasteiger partial charge in [0.1, 0.15) is 6.54 Å². The molecule has 1 aromatic carbocycles. The molecule has 0 saturated carbocycles. The number of rotatable bonds is 1. The van der Waals surface area contributed by atoms with Crippen molar-refractivity contribution in [1.29, 1.82) is 0 Å². The van der Waals surface area contributed by atoms with E-state index in [9.17, 15) is 9.59 Å². The van der Waals surface area contributed by atoms with Crippen molar-refractivity contribution in [2.75, 3.05) is 26.7 Å². The van der Waals surface area contributed by atoms with E-state index in [0.717, 1.165) is 13.0 Å². The van der Waals surface area contributed by atoms with Crippen LogP contribution in [0.4, 0.5) is 0 Å². The van der Waals surface area contributed by atoms with Crippen LogP contribution in [-0.2, 0) is 4.79 Å². The lowest BCUT2D eigenvalue weighted by Crippen LogP contribution is -2.37. The minimum Gasteiger partial charge on any atom is -0.344 e. The van der Waals surface area contributed by atoms with Gasteiger partial charge in [0.15, 0.2) is 0 Å². The zero-order chi connectivity index (χ0) is 12.3. The lowest BCUT2D eigenvalue weighted by Gasteiger charge is -2.19. The van der Waals surface area contributed by atoms with Crippen LogP contribution in [0.2, 0.25) is 0 Å². The number of hydrogen-bond donors (Lipinski definition) is 0. The number of hydrogen-bond acceptors (Lipinski definition) is 2. The van der Waals surface area contributed by atoms with Crippen molar-refractivity contribution >= 4 is 11.8 Å². The van der Waals surface area contributed by atoms with Gasteiger partial charge in [0.2, 0.25) is 5.91 Å². The molecule has 90 valence electrons. The Morgan fingerprint density at radius 3 is 2.59 bits per heavy atom. The molecule has 1 aliphatic heterocycles. The van der Waals surface area contributed by atoms with E-state index >= 15 is 0 Å². The van der Waals surface area contributed by atoms with Gasteiger partial charge in [0.05, 0.1) is 0 Å². The fourth-order valence-corrected chi connectivity index (χ4v) is 1.92. The minimum atomic E-state index is -0.0609. The third kappa shape index (κ3) is 2.64. The van der Waals surface area contributed by atoms with Crippen LogP contribution >= 0.6 is 0 Å². The number of carbonyl (C=O) groups excluding carboxylic acids is 2. The first-order chi connectivity index (χ1) is 8.18. The summed E-state index contributed by atoms with van der Waals surface area (Å²) in [6.07, 6.45) is 0.834. The van der Waals surface area contributed by atoms with Gasteiger partial charge in [-0.15, -0.1) is 0 Å². The molecule has 17 heavy (non-hydrogen) atoms. The zero-order valence-electron chi connectivity index (χ0n) is 9.93. The monoisotopic (exact) mass is 232 g/mol. The largest absolute Gasteiger partial charge is 0.344 e. The van der Waals surface area contributed by atoms with E-state index in [1.165, 1.54) is 0 Å². The third-order valence-electron chi connectivity index (χ3n) is 2.98. The van der Waals surface area contributed by atoms with E-state index in [1.807, 2.05) is 18.2 Å². The van der Waals surface area contributed by atoms with E-state index in [1.54, 1.807) is 29.0 Å². The van der Waals surface area contributed by atoms with Crippen molar-refractivity contribution < 1.29 is 9.59 Å². The number of likely N-dealkylation sites (N-methyl/N-ethyl adjacent to an activating group) is 1. The highest BCUT2D eigenvalue weighted by Gasteiger charge is 2.23. The first-order valence-electron chi connectivity index (χ1n) is 5.77. The van der Waals surface area contributed by atoms with Crippen LogP contribution in [0.3, 0.4) is 0 Å². The average Bonchev–Trinajstić information content (AvgIpc) is 2.52. The Balaban J connectivity index is 2.12. The Labute approximate surface area is 101 Å². The molecule has 1 heterocycles. The van der Waals surface area contributed by atoms with Crippen molar-refractivity contribution in [3.63, 3.8) is 0 Å². The number of carbonyl (C=O) groups is 2. The Morgan fingerprint density at radius 2 is 1.88 bits per heavy atom. The first kappa shape index (κ1) is 11.6. The summed E-state index contributed by atoms with van der Waals surface area (Å²) in [4.78, 5) is 27.2. The van der Waals surface area contributed by atoms with Crippen molar-refractivity contribution in [3.05, 3.63) is 35.9 Å². The van der Waals surface area contributed by atoms with Gasteiger partial charge in [-0.3, -0.25) is 9.59 Å². The van der Waals surface area contributed by atoms with E-state index in [0.29, 0.717) is 12.1 Å². The molecule has 0 spiro atoms. The summed E-state index contributed by atoms with van der Waals surface area (Å²) in [5.74, 6) is -0.0546. The standard InChI is InChI=1S/C13H16N2O2/c1-14-8-5-9-15(10-12(14)16)13(17)11-6-3-2-4-7-11/h2-4,6-7H,5,8-10H2,1H3. The maximum Gasteiger partial charge on any atom is 0.254 e. The predicted octanol–water partition coefficient (Wildman–Crippen LogP) is 0.991. The second kappa shape index (κ2) is 4.99. The molecular formula is C13H16N2O2. The molecule has 0 radical (unpaired) electrons. The summed E-state index contributed by atoms with van der Waals surface area (Å²) < 4.78 is 0. The van der Waals surface area contributed by atoms with Crippen LogP contribution in [-0.4, -0.2) is 48.3 Å². The van der Waals surface area contributed by atoms with Crippen molar-refractivity contribution in [1.82, 2.24) is 9.80 Å². The summed E-state index contributed by atoms with van der Waals surface area (Å²) in [5.41, 5.74) is 0.643. The van der Waals surface area contributed by atoms with Gasteiger partial charge in [-0.2, -0.15) is 0 Å². The highest BCUT2D eigenvalue weighted by molar-refractivity contribution is 5.96. The zero-order valence-corrected chi connectivity index (χ0v) is 9.93. The molecule has 0 atom stereocenters. The lowest BCUT2D eigenvalue weighted by atomic mass is 10.2. The van der Waals surface area contributed by atoms with Crippen LogP contribution in [0.5, 0.6) is 0 Å². The molecule has 4 heteroatoms. The first-order valence-corrected chi connectivity index (χ1v) is 5.77. The van der Waals surface area contributed by atoms with E-state index < -0.39 is 0 Å². The number of amides is 2. The van der Waals surface area contributed by atoms with Crippen molar-refractivity contribution in [3.8, 4) is 0 Å². The van der Waals surface area contributed by atoms with Gasteiger partial charge >= 0.3 is 0 Å². The van der Waals surface area contributed by atoms with Crippen molar-refractivity contribution in [2.24, 2.45) is 0 Å². The molecule has 0 N–H and O–H groups in total. The SMILES string of the molecule is CN1CCCN(C(=O)c2ccccc2)CC1=O. The second-order valence-electron chi connectivity index (χ2n) is 4.26. The van der Waals surface area contributed by atoms with Gasteiger partial charge in [0.25, 0.3) is 5.91 Å². The summed E-state index contributed by atoms with van der Waals surface area (Å²) >= 11 is 0. The summed E-state index contributed by atoms with van der Waals surface area (Å²) in [6, 6.07) is 9.10. The quantitative estimate of drug-likeness (QED) is 0.724. The normalized spacial score (nSPS) is 16.9. The van der Waals surface area contributed by atoms with Crippen LogP contribution in [0.1, 0.15) is 16.8 Å². The van der Waals surface area contributed by atoms with Gasteiger partial charge in [-0.05, 0) is 18.6 Å².